The van der Waals surface area contributed by atoms with Crippen molar-refractivity contribution in [2.24, 2.45) is 5.92 Å². The molecule has 1 aliphatic carbocycles. The van der Waals surface area contributed by atoms with E-state index in [9.17, 15) is 9.90 Å². The topological polar surface area (TPSA) is 49.3 Å². The predicted molar refractivity (Wildman–Crippen MR) is 66.8 cm³/mol. The van der Waals surface area contributed by atoms with E-state index in [1.807, 2.05) is 6.07 Å². The summed E-state index contributed by atoms with van der Waals surface area (Å²) in [6.07, 6.45) is 3.61. The lowest BCUT2D eigenvalue weighted by molar-refractivity contribution is -0.121. The van der Waals surface area contributed by atoms with E-state index < -0.39 is 0 Å². The number of carbonyl (C=O) groups is 1. The lowest BCUT2D eigenvalue weighted by Crippen LogP contribution is -2.34. The highest BCUT2D eigenvalue weighted by Crippen LogP contribution is 2.24. The average molecular weight is 233 g/mol. The zero-order valence-electron chi connectivity index (χ0n) is 10.1. The number of amides is 1. The van der Waals surface area contributed by atoms with Crippen molar-refractivity contribution in [3.8, 4) is 5.75 Å². The molecule has 2 unspecified atom stereocenters. The Kier molecular flexibility index (Phi) is 3.67. The minimum Gasteiger partial charge on any atom is -0.508 e. The highest BCUT2D eigenvalue weighted by atomic mass is 16.3. The third kappa shape index (κ3) is 3.22. The Morgan fingerprint density at radius 3 is 2.82 bits per heavy atom. The molecule has 3 heteroatoms. The Balaban J connectivity index is 1.87. The normalized spacial score (nSPS) is 23.6. The van der Waals surface area contributed by atoms with Crippen molar-refractivity contribution in [1.82, 2.24) is 5.32 Å². The van der Waals surface area contributed by atoms with Crippen LogP contribution < -0.4 is 5.32 Å². The van der Waals surface area contributed by atoms with Gasteiger partial charge in [0.2, 0.25) is 5.91 Å². The fourth-order valence-corrected chi connectivity index (χ4v) is 2.45. The Hall–Kier alpha value is -1.51. The first-order chi connectivity index (χ1) is 8.15. The van der Waals surface area contributed by atoms with Crippen molar-refractivity contribution < 1.29 is 9.90 Å². The molecule has 1 amide bonds. The molecular formula is C14H19NO2. The molecule has 2 N–H and O–H groups in total. The molecule has 92 valence electrons. The van der Waals surface area contributed by atoms with E-state index in [2.05, 4.69) is 12.2 Å². The van der Waals surface area contributed by atoms with Gasteiger partial charge in [-0.05, 0) is 31.2 Å². The molecule has 0 spiro atoms. The molecule has 2 atom stereocenters. The standard InChI is InChI=1S/C14H19NO2/c1-10-6-7-12(8-10)15-14(17)9-11-4-2-3-5-13(11)16/h2-5,10,12,16H,6-9H2,1H3,(H,15,17). The molecule has 1 aromatic rings. The van der Waals surface area contributed by atoms with E-state index in [4.69, 9.17) is 0 Å². The zero-order chi connectivity index (χ0) is 12.3. The number of phenols is 1. The predicted octanol–water partition coefficient (Wildman–Crippen LogP) is 2.24. The van der Waals surface area contributed by atoms with E-state index in [1.165, 1.54) is 6.42 Å². The number of rotatable bonds is 3. The molecular weight excluding hydrogens is 214 g/mol. The number of carbonyl (C=O) groups excluding carboxylic acids is 1. The van der Waals surface area contributed by atoms with Crippen LogP contribution in [0.5, 0.6) is 5.75 Å². The van der Waals surface area contributed by atoms with Gasteiger partial charge in [0.15, 0.2) is 0 Å². The second kappa shape index (κ2) is 5.21. The highest BCUT2D eigenvalue weighted by molar-refractivity contribution is 5.79. The number of para-hydroxylation sites is 1. The number of phenolic OH excluding ortho intramolecular Hbond substituents is 1. The fraction of sp³-hybridized carbons (Fsp3) is 0.500. The maximum atomic E-state index is 11.8. The number of hydrogen-bond donors (Lipinski definition) is 2. The highest BCUT2D eigenvalue weighted by Gasteiger charge is 2.22. The lowest BCUT2D eigenvalue weighted by Gasteiger charge is -2.12. The van der Waals surface area contributed by atoms with Crippen LogP contribution in [0.3, 0.4) is 0 Å². The van der Waals surface area contributed by atoms with Gasteiger partial charge in [0.25, 0.3) is 0 Å². The first-order valence-electron chi connectivity index (χ1n) is 6.21. The number of nitrogens with one attached hydrogen (secondary N) is 1. The second-order valence-electron chi connectivity index (χ2n) is 4.99. The van der Waals surface area contributed by atoms with Crippen LogP contribution in [-0.2, 0) is 11.2 Å². The molecule has 0 aliphatic heterocycles. The zero-order valence-corrected chi connectivity index (χ0v) is 10.1. The Morgan fingerprint density at radius 2 is 2.18 bits per heavy atom. The Bertz CT molecular complexity index is 403. The minimum atomic E-state index is 0.00519. The van der Waals surface area contributed by atoms with Crippen LogP contribution in [-0.4, -0.2) is 17.1 Å². The van der Waals surface area contributed by atoms with E-state index in [0.29, 0.717) is 17.5 Å². The third-order valence-corrected chi connectivity index (χ3v) is 3.40. The Labute approximate surface area is 102 Å². The summed E-state index contributed by atoms with van der Waals surface area (Å²) < 4.78 is 0. The van der Waals surface area contributed by atoms with Gasteiger partial charge in [-0.3, -0.25) is 4.79 Å². The SMILES string of the molecule is CC1CCC(NC(=O)Cc2ccccc2O)C1. The maximum absolute atomic E-state index is 11.8. The summed E-state index contributed by atoms with van der Waals surface area (Å²) in [7, 11) is 0. The molecule has 0 saturated heterocycles. The van der Waals surface area contributed by atoms with Gasteiger partial charge < -0.3 is 10.4 Å². The van der Waals surface area contributed by atoms with Crippen molar-refractivity contribution in [2.45, 2.75) is 38.6 Å². The molecule has 0 heterocycles. The summed E-state index contributed by atoms with van der Waals surface area (Å²) in [6.45, 7) is 2.22. The van der Waals surface area contributed by atoms with Gasteiger partial charge in [-0.15, -0.1) is 0 Å². The number of benzene rings is 1. The summed E-state index contributed by atoms with van der Waals surface area (Å²) in [5.41, 5.74) is 0.691. The van der Waals surface area contributed by atoms with Gasteiger partial charge in [0.1, 0.15) is 5.75 Å². The minimum absolute atomic E-state index is 0.00519. The van der Waals surface area contributed by atoms with Crippen LogP contribution in [0.25, 0.3) is 0 Å². The smallest absolute Gasteiger partial charge is 0.224 e. The molecule has 1 aromatic carbocycles. The first kappa shape index (κ1) is 12.0. The van der Waals surface area contributed by atoms with E-state index in [0.717, 1.165) is 12.8 Å². The monoisotopic (exact) mass is 233 g/mol. The fourth-order valence-electron chi connectivity index (χ4n) is 2.45. The van der Waals surface area contributed by atoms with E-state index in [-0.39, 0.29) is 18.1 Å². The number of hydrogen-bond acceptors (Lipinski definition) is 2. The van der Waals surface area contributed by atoms with E-state index in [1.54, 1.807) is 18.2 Å². The summed E-state index contributed by atoms with van der Waals surface area (Å²) in [4.78, 5) is 11.8. The van der Waals surface area contributed by atoms with Gasteiger partial charge in [0.05, 0.1) is 6.42 Å². The van der Waals surface area contributed by atoms with Crippen LogP contribution in [0.4, 0.5) is 0 Å². The van der Waals surface area contributed by atoms with Crippen LogP contribution in [0, 0.1) is 5.92 Å². The van der Waals surface area contributed by atoms with Crippen LogP contribution in [0.2, 0.25) is 0 Å². The molecule has 0 bridgehead atoms. The van der Waals surface area contributed by atoms with Gasteiger partial charge in [0, 0.05) is 11.6 Å². The summed E-state index contributed by atoms with van der Waals surface area (Å²) in [5, 5.41) is 12.6. The maximum Gasteiger partial charge on any atom is 0.224 e. The lowest BCUT2D eigenvalue weighted by atomic mass is 10.1. The van der Waals surface area contributed by atoms with Crippen LogP contribution in [0.1, 0.15) is 31.7 Å². The number of aromatic hydroxyl groups is 1. The Morgan fingerprint density at radius 1 is 1.41 bits per heavy atom. The van der Waals surface area contributed by atoms with Crippen molar-refractivity contribution in [1.29, 1.82) is 0 Å². The van der Waals surface area contributed by atoms with Gasteiger partial charge >= 0.3 is 0 Å². The van der Waals surface area contributed by atoms with Crippen LogP contribution in [0.15, 0.2) is 24.3 Å². The van der Waals surface area contributed by atoms with E-state index >= 15 is 0 Å². The van der Waals surface area contributed by atoms with Gasteiger partial charge in [-0.1, -0.05) is 25.1 Å². The quantitative estimate of drug-likeness (QED) is 0.841. The molecule has 1 fully saturated rings. The molecule has 0 aromatic heterocycles. The third-order valence-electron chi connectivity index (χ3n) is 3.40. The molecule has 0 radical (unpaired) electrons. The van der Waals surface area contributed by atoms with Crippen molar-refractivity contribution in [2.75, 3.05) is 0 Å². The second-order valence-corrected chi connectivity index (χ2v) is 4.99. The molecule has 1 saturated carbocycles. The van der Waals surface area contributed by atoms with Crippen LogP contribution >= 0.6 is 0 Å². The molecule has 3 nitrogen and oxygen atoms in total. The molecule has 17 heavy (non-hydrogen) atoms. The van der Waals surface area contributed by atoms with Crippen molar-refractivity contribution in [3.63, 3.8) is 0 Å². The summed E-state index contributed by atoms with van der Waals surface area (Å²) in [5.74, 6) is 0.915. The molecule has 1 aliphatic rings. The summed E-state index contributed by atoms with van der Waals surface area (Å²) >= 11 is 0. The van der Waals surface area contributed by atoms with Crippen molar-refractivity contribution >= 4 is 5.91 Å². The summed E-state index contributed by atoms with van der Waals surface area (Å²) in [6, 6.07) is 7.31. The van der Waals surface area contributed by atoms with Gasteiger partial charge in [-0.25, -0.2) is 0 Å². The van der Waals surface area contributed by atoms with Gasteiger partial charge in [-0.2, -0.15) is 0 Å². The van der Waals surface area contributed by atoms with Crippen molar-refractivity contribution in [3.05, 3.63) is 29.8 Å². The average Bonchev–Trinajstić information content (AvgIpc) is 2.67. The first-order valence-corrected chi connectivity index (χ1v) is 6.21. The molecule has 2 rings (SSSR count). The largest absolute Gasteiger partial charge is 0.508 e.